The lowest BCUT2D eigenvalue weighted by molar-refractivity contribution is 0.331. The highest BCUT2D eigenvalue weighted by Gasteiger charge is 2.30. The number of aromatic nitrogens is 1. The van der Waals surface area contributed by atoms with Crippen molar-refractivity contribution in [1.29, 1.82) is 0 Å². The Balaban J connectivity index is 2.07. The molecule has 0 spiro atoms. The molecule has 1 aliphatic rings. The molecule has 1 aromatic rings. The van der Waals surface area contributed by atoms with E-state index < -0.39 is 0 Å². The van der Waals surface area contributed by atoms with Crippen LogP contribution in [0.25, 0.3) is 0 Å². The van der Waals surface area contributed by atoms with Gasteiger partial charge in [0.15, 0.2) is 0 Å². The molecule has 1 saturated carbocycles. The van der Waals surface area contributed by atoms with Crippen LogP contribution in [-0.4, -0.2) is 17.1 Å². The molecule has 1 fully saturated rings. The van der Waals surface area contributed by atoms with Crippen LogP contribution in [0.2, 0.25) is 0 Å². The largest absolute Gasteiger partial charge is 0.378 e. The average molecular weight is 205 g/mol. The van der Waals surface area contributed by atoms with Crippen molar-refractivity contribution < 1.29 is 0 Å². The van der Waals surface area contributed by atoms with E-state index in [2.05, 4.69) is 10.3 Å². The Morgan fingerprint density at radius 3 is 2.47 bits per heavy atom. The van der Waals surface area contributed by atoms with E-state index in [1.165, 1.54) is 32.1 Å². The molecule has 0 unspecified atom stereocenters. The van der Waals surface area contributed by atoms with Crippen molar-refractivity contribution in [1.82, 2.24) is 4.98 Å². The summed E-state index contributed by atoms with van der Waals surface area (Å²) in [4.78, 5) is 4.02. The summed E-state index contributed by atoms with van der Waals surface area (Å²) in [6.07, 6.45) is 9.92. The molecule has 82 valence electrons. The molecule has 1 aliphatic carbocycles. The number of hydrogen-bond donors (Lipinski definition) is 2. The lowest BCUT2D eigenvalue weighted by atomic mass is 9.81. The van der Waals surface area contributed by atoms with Crippen LogP contribution in [0.3, 0.4) is 0 Å². The van der Waals surface area contributed by atoms with Gasteiger partial charge in [0.1, 0.15) is 0 Å². The second-order valence-corrected chi connectivity index (χ2v) is 4.41. The van der Waals surface area contributed by atoms with Gasteiger partial charge in [-0.25, -0.2) is 0 Å². The normalized spacial score (nSPS) is 19.8. The van der Waals surface area contributed by atoms with E-state index in [1.807, 2.05) is 24.5 Å². The molecule has 3 N–H and O–H groups in total. The number of nitrogens with one attached hydrogen (secondary N) is 1. The van der Waals surface area contributed by atoms with Crippen molar-refractivity contribution in [2.75, 3.05) is 11.9 Å². The van der Waals surface area contributed by atoms with Gasteiger partial charge in [-0.05, 0) is 25.0 Å². The summed E-state index contributed by atoms with van der Waals surface area (Å²) in [6, 6.07) is 4.01. The molecule has 0 amide bonds. The number of rotatable bonds is 3. The van der Waals surface area contributed by atoms with Gasteiger partial charge in [0.05, 0.1) is 0 Å². The first-order valence-electron chi connectivity index (χ1n) is 5.73. The van der Waals surface area contributed by atoms with E-state index >= 15 is 0 Å². The van der Waals surface area contributed by atoms with Gasteiger partial charge in [-0.3, -0.25) is 4.98 Å². The number of pyridine rings is 1. The van der Waals surface area contributed by atoms with Gasteiger partial charge in [0, 0.05) is 30.2 Å². The van der Waals surface area contributed by atoms with Crippen LogP contribution in [0.5, 0.6) is 0 Å². The van der Waals surface area contributed by atoms with Crippen molar-refractivity contribution in [2.24, 2.45) is 5.73 Å². The predicted octanol–water partition coefficient (Wildman–Crippen LogP) is 2.16. The third kappa shape index (κ3) is 2.48. The highest BCUT2D eigenvalue weighted by atomic mass is 15.0. The topological polar surface area (TPSA) is 50.9 Å². The SMILES string of the molecule is NCC1(Nc2ccncc2)CCCCC1. The van der Waals surface area contributed by atoms with Gasteiger partial charge >= 0.3 is 0 Å². The fraction of sp³-hybridized carbons (Fsp3) is 0.583. The Bertz CT molecular complexity index is 291. The summed E-state index contributed by atoms with van der Waals surface area (Å²) in [5, 5.41) is 3.58. The van der Waals surface area contributed by atoms with E-state index in [-0.39, 0.29) is 5.54 Å². The van der Waals surface area contributed by atoms with Gasteiger partial charge in [-0.15, -0.1) is 0 Å². The first-order valence-corrected chi connectivity index (χ1v) is 5.73. The lowest BCUT2D eigenvalue weighted by Crippen LogP contribution is -2.46. The van der Waals surface area contributed by atoms with Crippen LogP contribution in [0.15, 0.2) is 24.5 Å². The molecule has 3 nitrogen and oxygen atoms in total. The molecule has 3 heteroatoms. The van der Waals surface area contributed by atoms with E-state index in [0.29, 0.717) is 0 Å². The first kappa shape index (κ1) is 10.4. The van der Waals surface area contributed by atoms with Crippen LogP contribution in [0.4, 0.5) is 5.69 Å². The second kappa shape index (κ2) is 4.62. The molecule has 2 rings (SSSR count). The number of anilines is 1. The highest BCUT2D eigenvalue weighted by molar-refractivity contribution is 5.44. The second-order valence-electron chi connectivity index (χ2n) is 4.41. The number of nitrogens with zero attached hydrogens (tertiary/aromatic N) is 1. The lowest BCUT2D eigenvalue weighted by Gasteiger charge is -2.38. The van der Waals surface area contributed by atoms with E-state index in [4.69, 9.17) is 5.73 Å². The molecular formula is C12H19N3. The van der Waals surface area contributed by atoms with Gasteiger partial charge < -0.3 is 11.1 Å². The molecule has 0 bridgehead atoms. The Morgan fingerprint density at radius 2 is 1.87 bits per heavy atom. The monoisotopic (exact) mass is 205 g/mol. The third-order valence-corrected chi connectivity index (χ3v) is 3.29. The Morgan fingerprint density at radius 1 is 1.20 bits per heavy atom. The minimum atomic E-state index is 0.125. The van der Waals surface area contributed by atoms with Crippen molar-refractivity contribution in [2.45, 2.75) is 37.6 Å². The zero-order valence-corrected chi connectivity index (χ0v) is 9.08. The molecular weight excluding hydrogens is 186 g/mol. The predicted molar refractivity (Wildman–Crippen MR) is 62.7 cm³/mol. The highest BCUT2D eigenvalue weighted by Crippen LogP contribution is 2.30. The summed E-state index contributed by atoms with van der Waals surface area (Å²) in [6.45, 7) is 0.718. The third-order valence-electron chi connectivity index (χ3n) is 3.29. The van der Waals surface area contributed by atoms with Crippen molar-refractivity contribution in [3.8, 4) is 0 Å². The number of hydrogen-bond acceptors (Lipinski definition) is 3. The number of nitrogens with two attached hydrogens (primary N) is 1. The molecule has 0 aromatic carbocycles. The first-order chi connectivity index (χ1) is 7.35. The molecule has 1 aromatic heterocycles. The molecule has 1 heterocycles. The van der Waals surface area contributed by atoms with Gasteiger partial charge in [-0.1, -0.05) is 19.3 Å². The quantitative estimate of drug-likeness (QED) is 0.795. The zero-order valence-electron chi connectivity index (χ0n) is 9.08. The minimum Gasteiger partial charge on any atom is -0.378 e. The van der Waals surface area contributed by atoms with Gasteiger partial charge in [0.2, 0.25) is 0 Å². The van der Waals surface area contributed by atoms with Crippen LogP contribution < -0.4 is 11.1 Å². The van der Waals surface area contributed by atoms with Crippen LogP contribution >= 0.6 is 0 Å². The summed E-state index contributed by atoms with van der Waals surface area (Å²) in [5.41, 5.74) is 7.17. The van der Waals surface area contributed by atoms with Crippen molar-refractivity contribution in [3.05, 3.63) is 24.5 Å². The molecule has 0 saturated heterocycles. The summed E-state index contributed by atoms with van der Waals surface area (Å²) in [5.74, 6) is 0. The molecule has 15 heavy (non-hydrogen) atoms. The fourth-order valence-corrected chi connectivity index (χ4v) is 2.35. The van der Waals surface area contributed by atoms with Crippen LogP contribution in [0, 0.1) is 0 Å². The van der Waals surface area contributed by atoms with Crippen LogP contribution in [0.1, 0.15) is 32.1 Å². The molecule has 0 radical (unpaired) electrons. The summed E-state index contributed by atoms with van der Waals surface area (Å²) >= 11 is 0. The van der Waals surface area contributed by atoms with Crippen LogP contribution in [-0.2, 0) is 0 Å². The van der Waals surface area contributed by atoms with E-state index in [1.54, 1.807) is 0 Å². The van der Waals surface area contributed by atoms with Crippen molar-refractivity contribution >= 4 is 5.69 Å². The average Bonchev–Trinajstić information content (AvgIpc) is 2.32. The Kier molecular flexibility index (Phi) is 3.21. The van der Waals surface area contributed by atoms with Crippen molar-refractivity contribution in [3.63, 3.8) is 0 Å². The van der Waals surface area contributed by atoms with E-state index in [0.717, 1.165) is 12.2 Å². The maximum absolute atomic E-state index is 5.91. The zero-order chi connectivity index (χ0) is 10.6. The minimum absolute atomic E-state index is 0.125. The maximum Gasteiger partial charge on any atom is 0.0495 e. The van der Waals surface area contributed by atoms with Gasteiger partial charge in [-0.2, -0.15) is 0 Å². The fourth-order valence-electron chi connectivity index (χ4n) is 2.35. The maximum atomic E-state index is 5.91. The standard InChI is InChI=1S/C12H19N3/c13-10-12(6-2-1-3-7-12)15-11-4-8-14-9-5-11/h4-5,8-9H,1-3,6-7,10,13H2,(H,14,15). The summed E-state index contributed by atoms with van der Waals surface area (Å²) < 4.78 is 0. The smallest absolute Gasteiger partial charge is 0.0495 e. The Labute approximate surface area is 91.1 Å². The molecule has 0 atom stereocenters. The van der Waals surface area contributed by atoms with E-state index in [9.17, 15) is 0 Å². The Hall–Kier alpha value is -1.09. The van der Waals surface area contributed by atoms with Gasteiger partial charge in [0.25, 0.3) is 0 Å². The summed E-state index contributed by atoms with van der Waals surface area (Å²) in [7, 11) is 0. The molecule has 0 aliphatic heterocycles.